The van der Waals surface area contributed by atoms with Crippen LogP contribution in [-0.2, 0) is 28.6 Å². The van der Waals surface area contributed by atoms with E-state index < -0.39 is 6.10 Å². The van der Waals surface area contributed by atoms with Crippen LogP contribution in [0.25, 0.3) is 0 Å². The summed E-state index contributed by atoms with van der Waals surface area (Å²) in [4.78, 5) is 38.2. The third-order valence-electron chi connectivity index (χ3n) is 13.5. The average Bonchev–Trinajstić information content (AvgIpc) is 3.47. The van der Waals surface area contributed by atoms with Crippen molar-refractivity contribution >= 4 is 17.9 Å². The largest absolute Gasteiger partial charge is 0.462 e. The molecule has 0 aromatic carbocycles. The quantitative estimate of drug-likeness (QED) is 0.0261. The minimum Gasteiger partial charge on any atom is -0.462 e. The van der Waals surface area contributed by atoms with Crippen molar-refractivity contribution in [3.63, 3.8) is 0 Å². The molecule has 6 nitrogen and oxygen atoms in total. The number of hydrogen-bond acceptors (Lipinski definition) is 6. The molecule has 0 saturated heterocycles. The molecule has 1 unspecified atom stereocenters. The van der Waals surface area contributed by atoms with Gasteiger partial charge in [-0.15, -0.1) is 0 Å². The van der Waals surface area contributed by atoms with E-state index in [-0.39, 0.29) is 31.1 Å². The fourth-order valence-corrected chi connectivity index (χ4v) is 8.59. The molecule has 0 rings (SSSR count). The van der Waals surface area contributed by atoms with Crippen LogP contribution in [0.1, 0.15) is 278 Å². The smallest absolute Gasteiger partial charge is 0.306 e. The number of ether oxygens (including phenoxy) is 3. The fraction of sp³-hybridized carbons (Fsp3) is 0.613. The van der Waals surface area contributed by atoms with Crippen molar-refractivity contribution in [2.75, 3.05) is 13.2 Å². The third-order valence-corrected chi connectivity index (χ3v) is 13.5. The summed E-state index contributed by atoms with van der Waals surface area (Å²) in [7, 11) is 0. The minimum absolute atomic E-state index is 0.101. The van der Waals surface area contributed by atoms with Crippen molar-refractivity contribution in [1.29, 1.82) is 0 Å². The Bertz CT molecular complexity index is 1810. The maximum absolute atomic E-state index is 12.9. The standard InChI is InChI=1S/C75H120O6/c1-4-7-10-13-16-19-21-23-25-27-29-31-32-33-34-35-36-37-38-39-40-41-42-44-45-47-49-51-53-56-59-62-65-68-74(77)80-71-72(70-79-73(76)67-64-61-58-55-18-15-12-9-6-3)81-75(78)69-66-63-60-57-54-52-50-48-46-43-30-28-26-24-22-20-17-14-11-8-5-2/h7,10,16,19,22-25,28-31,33-34,36-37,39-40,42,44,46-49,53,56,72H,4-6,8-9,11-15,17-18,20-21,26-27,32,35,38,41,43,45,50-52,54-55,57-71H2,1-3H3/b10-7-,19-16-,24-22-,25-23-,30-28-,31-29-,34-33-,37-36-,40-39-,44-42-,48-46-,49-47-,56-53-. The lowest BCUT2D eigenvalue weighted by Gasteiger charge is -2.18. The molecule has 0 aromatic heterocycles. The minimum atomic E-state index is -0.809. The first-order valence-electron chi connectivity index (χ1n) is 33.0. The van der Waals surface area contributed by atoms with Crippen LogP contribution in [-0.4, -0.2) is 37.2 Å². The van der Waals surface area contributed by atoms with Crippen LogP contribution in [0.2, 0.25) is 0 Å². The Kier molecular flexibility index (Phi) is 63.4. The third kappa shape index (κ3) is 65.7. The van der Waals surface area contributed by atoms with E-state index in [4.69, 9.17) is 14.2 Å². The van der Waals surface area contributed by atoms with Crippen LogP contribution in [0.5, 0.6) is 0 Å². The lowest BCUT2D eigenvalue weighted by Crippen LogP contribution is -2.30. The zero-order valence-corrected chi connectivity index (χ0v) is 52.2. The summed E-state index contributed by atoms with van der Waals surface area (Å²) >= 11 is 0. The van der Waals surface area contributed by atoms with E-state index in [0.717, 1.165) is 141 Å². The summed E-state index contributed by atoms with van der Waals surface area (Å²) in [6.45, 7) is 6.44. The molecule has 0 radical (unpaired) electrons. The molecule has 81 heavy (non-hydrogen) atoms. The van der Waals surface area contributed by atoms with Crippen molar-refractivity contribution in [2.45, 2.75) is 284 Å². The summed E-state index contributed by atoms with van der Waals surface area (Å²) in [6, 6.07) is 0. The lowest BCUT2D eigenvalue weighted by atomic mass is 10.1. The first-order chi connectivity index (χ1) is 40.0. The van der Waals surface area contributed by atoms with Crippen LogP contribution in [0.15, 0.2) is 158 Å². The molecule has 0 amide bonds. The normalized spacial score (nSPS) is 13.2. The Labute approximate surface area is 499 Å². The highest BCUT2D eigenvalue weighted by Crippen LogP contribution is 2.14. The molecule has 0 aliphatic heterocycles. The molecule has 0 bridgehead atoms. The van der Waals surface area contributed by atoms with E-state index in [0.29, 0.717) is 25.7 Å². The van der Waals surface area contributed by atoms with Crippen LogP contribution in [0.4, 0.5) is 0 Å². The van der Waals surface area contributed by atoms with Crippen LogP contribution >= 0.6 is 0 Å². The molecular weight excluding hydrogens is 997 g/mol. The molecule has 0 aliphatic rings. The topological polar surface area (TPSA) is 78.9 Å². The monoisotopic (exact) mass is 1120 g/mol. The molecule has 6 heteroatoms. The van der Waals surface area contributed by atoms with Crippen LogP contribution in [0.3, 0.4) is 0 Å². The SMILES string of the molecule is CC/C=C\C/C=C\C/C=C\C/C=C\C/C=C\C/C=C\C/C=C\C/C=C\C/C=C\C/C=C\CCCCC(=O)OCC(COC(=O)CCCCCCCCCCC)OC(=O)CCCCCCCC/C=C\C/C=C\C/C=C\CCCCCCC. The summed E-state index contributed by atoms with van der Waals surface area (Å²) in [5.41, 5.74) is 0. The Morgan fingerprint density at radius 3 is 0.778 bits per heavy atom. The number of hydrogen-bond donors (Lipinski definition) is 0. The van der Waals surface area contributed by atoms with Gasteiger partial charge in [-0.1, -0.05) is 281 Å². The van der Waals surface area contributed by atoms with Gasteiger partial charge in [0, 0.05) is 19.3 Å². The van der Waals surface area contributed by atoms with Gasteiger partial charge in [0.05, 0.1) is 0 Å². The Hall–Kier alpha value is -4.97. The molecule has 456 valence electrons. The van der Waals surface area contributed by atoms with E-state index >= 15 is 0 Å². The highest BCUT2D eigenvalue weighted by molar-refractivity contribution is 5.71. The van der Waals surface area contributed by atoms with E-state index in [1.807, 2.05) is 0 Å². The molecule has 0 fully saturated rings. The maximum atomic E-state index is 12.9. The highest BCUT2D eigenvalue weighted by Gasteiger charge is 2.19. The molecule has 0 saturated carbocycles. The van der Waals surface area contributed by atoms with Gasteiger partial charge in [-0.2, -0.15) is 0 Å². The van der Waals surface area contributed by atoms with Gasteiger partial charge in [0.2, 0.25) is 0 Å². The molecule has 1 atom stereocenters. The van der Waals surface area contributed by atoms with Gasteiger partial charge in [0.15, 0.2) is 6.10 Å². The van der Waals surface area contributed by atoms with Gasteiger partial charge in [0.1, 0.15) is 13.2 Å². The first kappa shape index (κ1) is 76.0. The van der Waals surface area contributed by atoms with Crippen LogP contribution < -0.4 is 0 Å². The number of esters is 3. The van der Waals surface area contributed by atoms with Crippen molar-refractivity contribution in [1.82, 2.24) is 0 Å². The fourth-order valence-electron chi connectivity index (χ4n) is 8.59. The van der Waals surface area contributed by atoms with Gasteiger partial charge in [-0.25, -0.2) is 0 Å². The molecule has 0 aliphatic carbocycles. The molecule has 0 N–H and O–H groups in total. The highest BCUT2D eigenvalue weighted by atomic mass is 16.6. The number of carbonyl (C=O) groups is 3. The van der Waals surface area contributed by atoms with Gasteiger partial charge >= 0.3 is 17.9 Å². The second-order valence-corrected chi connectivity index (χ2v) is 21.3. The lowest BCUT2D eigenvalue weighted by molar-refractivity contribution is -0.167. The van der Waals surface area contributed by atoms with E-state index in [1.54, 1.807) is 0 Å². The second kappa shape index (κ2) is 67.5. The molecule has 0 heterocycles. The summed E-state index contributed by atoms with van der Waals surface area (Å²) in [6.07, 6.45) is 98.3. The first-order valence-corrected chi connectivity index (χ1v) is 33.0. The molecule has 0 aromatic rings. The average molecular weight is 1120 g/mol. The zero-order chi connectivity index (χ0) is 58.5. The van der Waals surface area contributed by atoms with Gasteiger partial charge in [-0.3, -0.25) is 14.4 Å². The molecular formula is C75H120O6. The number of unbranched alkanes of at least 4 members (excludes halogenated alkanes) is 21. The maximum Gasteiger partial charge on any atom is 0.306 e. The van der Waals surface area contributed by atoms with Crippen LogP contribution in [0, 0.1) is 0 Å². The Balaban J connectivity index is 4.35. The Morgan fingerprint density at radius 1 is 0.259 bits per heavy atom. The van der Waals surface area contributed by atoms with Crippen molar-refractivity contribution in [3.05, 3.63) is 158 Å². The number of allylic oxidation sites excluding steroid dienone is 26. The van der Waals surface area contributed by atoms with E-state index in [1.165, 1.54) is 89.9 Å². The van der Waals surface area contributed by atoms with Crippen molar-refractivity contribution in [2.24, 2.45) is 0 Å². The van der Waals surface area contributed by atoms with Gasteiger partial charge in [-0.05, 0) is 135 Å². The number of rotatable bonds is 58. The zero-order valence-electron chi connectivity index (χ0n) is 52.2. The number of carbonyl (C=O) groups excluding carboxylic acids is 3. The van der Waals surface area contributed by atoms with Gasteiger partial charge < -0.3 is 14.2 Å². The van der Waals surface area contributed by atoms with Crippen molar-refractivity contribution < 1.29 is 28.6 Å². The van der Waals surface area contributed by atoms with Crippen molar-refractivity contribution in [3.8, 4) is 0 Å². The van der Waals surface area contributed by atoms with E-state index in [9.17, 15) is 14.4 Å². The summed E-state index contributed by atoms with van der Waals surface area (Å²) in [5, 5.41) is 0. The summed E-state index contributed by atoms with van der Waals surface area (Å²) in [5.74, 6) is -0.965. The molecule has 0 spiro atoms. The Morgan fingerprint density at radius 2 is 0.481 bits per heavy atom. The summed E-state index contributed by atoms with van der Waals surface area (Å²) < 4.78 is 16.8. The predicted octanol–water partition coefficient (Wildman–Crippen LogP) is 22.9. The predicted molar refractivity (Wildman–Crippen MR) is 352 cm³/mol. The second-order valence-electron chi connectivity index (χ2n) is 21.3. The van der Waals surface area contributed by atoms with E-state index in [2.05, 4.69) is 179 Å². The van der Waals surface area contributed by atoms with Gasteiger partial charge in [0.25, 0.3) is 0 Å².